The molecular formula is C35H43Cl2N5O4S. The van der Waals surface area contributed by atoms with Crippen LogP contribution in [0.4, 0.5) is 0 Å². The van der Waals surface area contributed by atoms with Gasteiger partial charge in [-0.2, -0.15) is 4.31 Å². The predicted molar refractivity (Wildman–Crippen MR) is 187 cm³/mol. The minimum absolute atomic E-state index is 0.0616. The van der Waals surface area contributed by atoms with Crippen LogP contribution < -0.4 is 10.1 Å². The molecule has 47 heavy (non-hydrogen) atoms. The molecule has 3 aliphatic rings. The van der Waals surface area contributed by atoms with E-state index in [2.05, 4.69) is 29.0 Å². The third-order valence-electron chi connectivity index (χ3n) is 9.96. The van der Waals surface area contributed by atoms with Gasteiger partial charge in [-0.25, -0.2) is 8.42 Å². The number of halogens is 2. The third-order valence-corrected chi connectivity index (χ3v) is 12.4. The van der Waals surface area contributed by atoms with Crippen molar-refractivity contribution in [2.75, 3.05) is 52.5 Å². The van der Waals surface area contributed by atoms with Crippen molar-refractivity contribution >= 4 is 39.1 Å². The van der Waals surface area contributed by atoms with Crippen LogP contribution in [0.2, 0.25) is 10.0 Å². The maximum Gasteiger partial charge on any atom is 0.243 e. The summed E-state index contributed by atoms with van der Waals surface area (Å²) in [6.45, 7) is 10.4. The minimum Gasteiger partial charge on any atom is -0.493 e. The highest BCUT2D eigenvalue weighted by atomic mass is 35.5. The SMILES string of the molecule is CCOc1cc(S(=O)(=O)N2CCCC2)ccc1C1=N[C@@](C)(c2ccc(Cl)cc2)[C@@](C)(c2ccc(Cl)cc2)N1C1CN(CCO)CCN1. The van der Waals surface area contributed by atoms with Crippen molar-refractivity contribution in [3.8, 4) is 5.75 Å². The van der Waals surface area contributed by atoms with Gasteiger partial charge in [-0.15, -0.1) is 0 Å². The molecule has 3 heterocycles. The van der Waals surface area contributed by atoms with E-state index in [-0.39, 0.29) is 17.7 Å². The van der Waals surface area contributed by atoms with E-state index in [1.165, 1.54) is 0 Å². The first kappa shape index (κ1) is 34.2. The molecule has 0 saturated carbocycles. The summed E-state index contributed by atoms with van der Waals surface area (Å²) >= 11 is 12.8. The number of aliphatic imine (C=N–C) groups is 1. The zero-order valence-electron chi connectivity index (χ0n) is 27.1. The van der Waals surface area contributed by atoms with E-state index < -0.39 is 21.1 Å². The van der Waals surface area contributed by atoms with E-state index in [1.807, 2.05) is 61.5 Å². The van der Waals surface area contributed by atoms with Crippen molar-refractivity contribution in [2.45, 2.75) is 55.8 Å². The molecule has 3 aromatic carbocycles. The lowest BCUT2D eigenvalue weighted by Gasteiger charge is -2.51. The lowest BCUT2D eigenvalue weighted by atomic mass is 9.70. The van der Waals surface area contributed by atoms with E-state index in [9.17, 15) is 13.5 Å². The fourth-order valence-corrected chi connectivity index (χ4v) is 9.08. The van der Waals surface area contributed by atoms with Crippen molar-refractivity contribution in [1.29, 1.82) is 0 Å². The van der Waals surface area contributed by atoms with Gasteiger partial charge in [0.25, 0.3) is 0 Å². The second kappa shape index (κ2) is 13.7. The molecule has 0 amide bonds. The number of nitrogens with zero attached hydrogens (tertiary/aromatic N) is 4. The van der Waals surface area contributed by atoms with Crippen molar-refractivity contribution in [2.24, 2.45) is 4.99 Å². The number of hydrogen-bond acceptors (Lipinski definition) is 8. The average Bonchev–Trinajstić information content (AvgIpc) is 3.69. The minimum atomic E-state index is -3.68. The van der Waals surface area contributed by atoms with Crippen LogP contribution in [0.25, 0.3) is 0 Å². The summed E-state index contributed by atoms with van der Waals surface area (Å²) in [6.07, 6.45) is 1.50. The lowest BCUT2D eigenvalue weighted by molar-refractivity contribution is 0.0320. The number of piperazine rings is 1. The molecule has 1 unspecified atom stereocenters. The van der Waals surface area contributed by atoms with Crippen LogP contribution >= 0.6 is 23.2 Å². The van der Waals surface area contributed by atoms with Gasteiger partial charge in [-0.3, -0.25) is 15.2 Å². The van der Waals surface area contributed by atoms with Crippen LogP contribution in [0, 0.1) is 0 Å². The fourth-order valence-electron chi connectivity index (χ4n) is 7.29. The Kier molecular flexibility index (Phi) is 9.93. The van der Waals surface area contributed by atoms with Crippen LogP contribution in [0.3, 0.4) is 0 Å². The Morgan fingerprint density at radius 3 is 2.21 bits per heavy atom. The van der Waals surface area contributed by atoms with Crippen LogP contribution in [0.15, 0.2) is 76.6 Å². The Hall–Kier alpha value is -2.70. The molecule has 3 aliphatic heterocycles. The van der Waals surface area contributed by atoms with Crippen molar-refractivity contribution in [1.82, 2.24) is 19.4 Å². The van der Waals surface area contributed by atoms with Gasteiger partial charge in [0.1, 0.15) is 17.1 Å². The number of rotatable bonds is 10. The van der Waals surface area contributed by atoms with Crippen molar-refractivity contribution in [3.63, 3.8) is 0 Å². The summed E-state index contributed by atoms with van der Waals surface area (Å²) in [6, 6.07) is 20.9. The highest BCUT2D eigenvalue weighted by molar-refractivity contribution is 7.89. The topological polar surface area (TPSA) is 97.7 Å². The highest BCUT2D eigenvalue weighted by Crippen LogP contribution is 2.54. The van der Waals surface area contributed by atoms with E-state index in [4.69, 9.17) is 32.9 Å². The Balaban J connectivity index is 1.58. The first-order valence-corrected chi connectivity index (χ1v) is 18.5. The predicted octanol–water partition coefficient (Wildman–Crippen LogP) is 5.29. The molecule has 3 aromatic rings. The molecule has 3 atom stereocenters. The van der Waals surface area contributed by atoms with Gasteiger partial charge >= 0.3 is 0 Å². The van der Waals surface area contributed by atoms with Gasteiger partial charge in [-0.05, 0) is 81.1 Å². The Morgan fingerprint density at radius 2 is 1.60 bits per heavy atom. The summed E-state index contributed by atoms with van der Waals surface area (Å²) < 4.78 is 35.1. The number of benzene rings is 3. The third kappa shape index (κ3) is 6.18. The van der Waals surface area contributed by atoms with Crippen LogP contribution in [-0.2, 0) is 21.1 Å². The molecule has 2 saturated heterocycles. The molecule has 2 fully saturated rings. The maximum atomic E-state index is 13.6. The van der Waals surface area contributed by atoms with E-state index in [0.29, 0.717) is 66.5 Å². The molecule has 6 rings (SSSR count). The molecule has 2 N–H and O–H groups in total. The number of sulfonamides is 1. The molecule has 0 aromatic heterocycles. The zero-order valence-corrected chi connectivity index (χ0v) is 29.5. The smallest absolute Gasteiger partial charge is 0.243 e. The Bertz CT molecular complexity index is 1710. The highest BCUT2D eigenvalue weighted by Gasteiger charge is 2.59. The molecule has 9 nitrogen and oxygen atoms in total. The average molecular weight is 701 g/mol. The fraction of sp³-hybridized carbons (Fsp3) is 0.457. The first-order valence-electron chi connectivity index (χ1n) is 16.3. The first-order chi connectivity index (χ1) is 22.5. The quantitative estimate of drug-likeness (QED) is 0.297. The van der Waals surface area contributed by atoms with Gasteiger partial charge in [0.2, 0.25) is 10.0 Å². The number of aliphatic hydroxyl groups excluding tert-OH is 1. The summed E-state index contributed by atoms with van der Waals surface area (Å²) in [5.74, 6) is 1.13. The van der Waals surface area contributed by atoms with Gasteiger partial charge in [0, 0.05) is 55.4 Å². The van der Waals surface area contributed by atoms with Gasteiger partial charge in [-0.1, -0.05) is 47.5 Å². The monoisotopic (exact) mass is 699 g/mol. The molecule has 0 radical (unpaired) electrons. The standard InChI is InChI=1S/C35H43Cl2N5O4S/c1-4-46-31-23-29(47(44,45)41-18-5-6-19-41)15-16-30(31)33-39-34(2,25-7-11-27(36)12-8-25)35(3,26-9-13-28(37)14-10-26)42(33)32-24-40(21-22-43)20-17-38-32/h7-16,23,32,38,43H,4-6,17-22,24H2,1-3H3/t32?,34-,35+/m0/s1. The Morgan fingerprint density at radius 1 is 0.957 bits per heavy atom. The van der Waals surface area contributed by atoms with E-state index in [0.717, 1.165) is 30.5 Å². The molecule has 0 bridgehead atoms. The van der Waals surface area contributed by atoms with Crippen molar-refractivity contribution in [3.05, 3.63) is 93.5 Å². The van der Waals surface area contributed by atoms with Gasteiger partial charge in [0.15, 0.2) is 0 Å². The number of aliphatic hydroxyl groups is 1. The molecule has 12 heteroatoms. The molecule has 0 aliphatic carbocycles. The molecular weight excluding hydrogens is 657 g/mol. The number of amidine groups is 1. The number of β-amino-alcohol motifs (C(OH)–C–C–N with tert-alkyl or cyclic N) is 1. The van der Waals surface area contributed by atoms with Crippen molar-refractivity contribution < 1.29 is 18.3 Å². The number of ether oxygens (including phenoxy) is 1. The van der Waals surface area contributed by atoms with Gasteiger partial charge < -0.3 is 14.7 Å². The zero-order chi connectivity index (χ0) is 33.4. The molecule has 0 spiro atoms. The maximum absolute atomic E-state index is 13.6. The lowest BCUT2D eigenvalue weighted by Crippen LogP contribution is -2.65. The number of nitrogens with one attached hydrogen (secondary N) is 1. The van der Waals surface area contributed by atoms with Gasteiger partial charge in [0.05, 0.1) is 35.4 Å². The number of hydrogen-bond donors (Lipinski definition) is 2. The summed E-state index contributed by atoms with van der Waals surface area (Å²) in [5.41, 5.74) is 1.06. The summed E-state index contributed by atoms with van der Waals surface area (Å²) in [7, 11) is -3.68. The Labute approximate surface area is 288 Å². The van der Waals surface area contributed by atoms with E-state index in [1.54, 1.807) is 16.4 Å². The second-order valence-electron chi connectivity index (χ2n) is 12.7. The normalized spacial score (nSPS) is 25.7. The summed E-state index contributed by atoms with van der Waals surface area (Å²) in [5, 5.41) is 14.8. The molecule has 252 valence electrons. The van der Waals surface area contributed by atoms with Crippen LogP contribution in [0.5, 0.6) is 5.75 Å². The van der Waals surface area contributed by atoms with Crippen LogP contribution in [-0.4, -0.2) is 92.1 Å². The largest absolute Gasteiger partial charge is 0.493 e. The van der Waals surface area contributed by atoms with E-state index >= 15 is 0 Å². The summed E-state index contributed by atoms with van der Waals surface area (Å²) in [4.78, 5) is 10.4. The van der Waals surface area contributed by atoms with Crippen LogP contribution in [0.1, 0.15) is 50.3 Å². The second-order valence-corrected chi connectivity index (χ2v) is 15.5.